The minimum absolute atomic E-state index is 0.0901. The van der Waals surface area contributed by atoms with Crippen molar-refractivity contribution in [2.24, 2.45) is 0 Å². The van der Waals surface area contributed by atoms with Gasteiger partial charge in [0.05, 0.1) is 11.1 Å². The molecule has 0 saturated heterocycles. The monoisotopic (exact) mass is 457 g/mol. The maximum Gasteiger partial charge on any atom is 0.335 e. The molecular formula is C25H19N3O6. The molecule has 0 fully saturated rings. The molecule has 0 saturated carbocycles. The first-order valence-corrected chi connectivity index (χ1v) is 10.4. The highest BCUT2D eigenvalue weighted by atomic mass is 16.6. The number of rotatable bonds is 4. The van der Waals surface area contributed by atoms with Crippen molar-refractivity contribution in [3.63, 3.8) is 0 Å². The number of carboxylic acid groups (broad SMARTS) is 1. The van der Waals surface area contributed by atoms with Crippen LogP contribution in [0.4, 0.5) is 16.2 Å². The van der Waals surface area contributed by atoms with Gasteiger partial charge in [0.15, 0.2) is 11.5 Å². The molecule has 0 bridgehead atoms. The Hall–Kier alpha value is -4.79. The van der Waals surface area contributed by atoms with E-state index in [2.05, 4.69) is 10.6 Å². The van der Waals surface area contributed by atoms with Gasteiger partial charge in [-0.15, -0.1) is 0 Å². The number of carboxylic acids is 1. The molecule has 1 aliphatic rings. The van der Waals surface area contributed by atoms with Gasteiger partial charge in [-0.2, -0.15) is 0 Å². The molecule has 0 radical (unpaired) electrons. The lowest BCUT2D eigenvalue weighted by atomic mass is 10.1. The molecule has 1 aliphatic heterocycles. The van der Waals surface area contributed by atoms with Crippen molar-refractivity contribution in [3.05, 3.63) is 84.1 Å². The third-order valence-corrected chi connectivity index (χ3v) is 5.31. The predicted octanol–water partition coefficient (Wildman–Crippen LogP) is 4.44. The van der Waals surface area contributed by atoms with E-state index in [1.165, 1.54) is 22.8 Å². The number of carbonyl (C=O) groups is 3. The van der Waals surface area contributed by atoms with Crippen LogP contribution < -0.4 is 20.1 Å². The summed E-state index contributed by atoms with van der Waals surface area (Å²) in [7, 11) is 0. The fourth-order valence-electron chi connectivity index (χ4n) is 3.73. The van der Waals surface area contributed by atoms with E-state index in [1.54, 1.807) is 24.4 Å². The van der Waals surface area contributed by atoms with Gasteiger partial charge in [-0.1, -0.05) is 18.2 Å². The fourth-order valence-corrected chi connectivity index (χ4v) is 3.73. The quantitative estimate of drug-likeness (QED) is 0.417. The largest absolute Gasteiger partial charge is 0.486 e. The van der Waals surface area contributed by atoms with Gasteiger partial charge in [0.25, 0.3) is 5.91 Å². The zero-order valence-electron chi connectivity index (χ0n) is 17.8. The first-order chi connectivity index (χ1) is 16.5. The summed E-state index contributed by atoms with van der Waals surface area (Å²) >= 11 is 0. The number of aromatic carboxylic acids is 1. The first kappa shape index (κ1) is 21.1. The number of carbonyl (C=O) groups excluding carboxylic acids is 2. The van der Waals surface area contributed by atoms with Crippen LogP contribution in [0, 0.1) is 0 Å². The Kier molecular flexibility index (Phi) is 5.35. The number of hydrogen-bond donors (Lipinski definition) is 3. The number of benzene rings is 3. The number of nitrogens with zero attached hydrogens (tertiary/aromatic N) is 1. The molecule has 2 amide bonds. The smallest absolute Gasteiger partial charge is 0.335 e. The van der Waals surface area contributed by atoms with Crippen molar-refractivity contribution in [1.82, 2.24) is 4.57 Å². The minimum Gasteiger partial charge on any atom is -0.486 e. The first-order valence-electron chi connectivity index (χ1n) is 10.4. The lowest BCUT2D eigenvalue weighted by Crippen LogP contribution is -2.19. The second kappa shape index (κ2) is 8.62. The molecule has 2 heterocycles. The summed E-state index contributed by atoms with van der Waals surface area (Å²) in [6, 6.07) is 17.7. The molecule has 9 nitrogen and oxygen atoms in total. The normalized spacial score (nSPS) is 12.2. The third-order valence-electron chi connectivity index (χ3n) is 5.31. The van der Waals surface area contributed by atoms with Crippen LogP contribution in [0.2, 0.25) is 0 Å². The van der Waals surface area contributed by atoms with E-state index in [0.717, 1.165) is 5.39 Å². The molecule has 170 valence electrons. The molecular weight excluding hydrogens is 438 g/mol. The highest BCUT2D eigenvalue weighted by Crippen LogP contribution is 2.31. The molecule has 3 N–H and O–H groups in total. The summed E-state index contributed by atoms with van der Waals surface area (Å²) in [5.41, 5.74) is 1.37. The molecule has 9 heteroatoms. The Morgan fingerprint density at radius 2 is 1.53 bits per heavy atom. The van der Waals surface area contributed by atoms with Gasteiger partial charge in [0, 0.05) is 28.5 Å². The van der Waals surface area contributed by atoms with E-state index >= 15 is 0 Å². The fraction of sp³-hybridized carbons (Fsp3) is 0.0800. The SMILES string of the molecule is O=C(O)c1cc(NC(=O)c2ccc3c(c2)OCCO3)cc(NC(=O)n2ccc3ccccc32)c1. The summed E-state index contributed by atoms with van der Waals surface area (Å²) in [5, 5.41) is 15.8. The second-order valence-electron chi connectivity index (χ2n) is 7.59. The van der Waals surface area contributed by atoms with Crippen LogP contribution in [-0.2, 0) is 0 Å². The highest BCUT2D eigenvalue weighted by Gasteiger charge is 2.17. The number of fused-ring (bicyclic) bond motifs is 2. The van der Waals surface area contributed by atoms with Crippen LogP contribution in [0.3, 0.4) is 0 Å². The zero-order chi connectivity index (χ0) is 23.7. The minimum atomic E-state index is -1.20. The number of hydrogen-bond acceptors (Lipinski definition) is 5. The number of nitrogens with one attached hydrogen (secondary N) is 2. The molecule has 4 aromatic rings. The van der Waals surface area contributed by atoms with E-state index in [9.17, 15) is 19.5 Å². The van der Waals surface area contributed by atoms with E-state index in [0.29, 0.717) is 35.8 Å². The number of anilines is 2. The summed E-state index contributed by atoms with van der Waals surface area (Å²) in [4.78, 5) is 37.3. The molecule has 0 atom stereocenters. The molecule has 34 heavy (non-hydrogen) atoms. The van der Waals surface area contributed by atoms with Crippen LogP contribution in [0.15, 0.2) is 72.9 Å². The van der Waals surface area contributed by atoms with Gasteiger partial charge < -0.3 is 25.2 Å². The van der Waals surface area contributed by atoms with Crippen LogP contribution in [-0.4, -0.2) is 40.8 Å². The lowest BCUT2D eigenvalue weighted by molar-refractivity contribution is 0.0696. The molecule has 0 unspecified atom stereocenters. The highest BCUT2D eigenvalue weighted by molar-refractivity contribution is 6.06. The Labute approximate surface area is 193 Å². The Bertz CT molecular complexity index is 1440. The number of aromatic nitrogens is 1. The van der Waals surface area contributed by atoms with Crippen molar-refractivity contribution < 1.29 is 29.0 Å². The average molecular weight is 457 g/mol. The summed E-state index contributed by atoms with van der Waals surface area (Å²) in [6.45, 7) is 0.826. The Morgan fingerprint density at radius 3 is 2.32 bits per heavy atom. The predicted molar refractivity (Wildman–Crippen MR) is 125 cm³/mol. The number of para-hydroxylation sites is 1. The molecule has 0 aliphatic carbocycles. The van der Waals surface area contributed by atoms with Gasteiger partial charge in [0.2, 0.25) is 0 Å². The van der Waals surface area contributed by atoms with E-state index < -0.39 is 17.9 Å². The molecule has 3 aromatic carbocycles. The van der Waals surface area contributed by atoms with Crippen LogP contribution in [0.25, 0.3) is 10.9 Å². The average Bonchev–Trinajstić information content (AvgIpc) is 3.28. The molecule has 0 spiro atoms. The van der Waals surface area contributed by atoms with Crippen molar-refractivity contribution >= 4 is 40.2 Å². The summed E-state index contributed by atoms with van der Waals surface area (Å²) < 4.78 is 12.4. The van der Waals surface area contributed by atoms with Crippen molar-refractivity contribution in [1.29, 1.82) is 0 Å². The van der Waals surface area contributed by atoms with Gasteiger partial charge in [-0.25, -0.2) is 9.59 Å². The maximum atomic E-state index is 12.9. The van der Waals surface area contributed by atoms with Gasteiger partial charge >= 0.3 is 12.0 Å². The number of amides is 2. The van der Waals surface area contributed by atoms with E-state index in [-0.39, 0.29) is 16.9 Å². The van der Waals surface area contributed by atoms with E-state index in [4.69, 9.17) is 9.47 Å². The Balaban J connectivity index is 1.40. The van der Waals surface area contributed by atoms with Crippen LogP contribution in [0.1, 0.15) is 20.7 Å². The van der Waals surface area contributed by atoms with Crippen molar-refractivity contribution in [3.8, 4) is 11.5 Å². The van der Waals surface area contributed by atoms with Gasteiger partial charge in [-0.3, -0.25) is 9.36 Å². The number of ether oxygens (including phenoxy) is 2. The molecule has 5 rings (SSSR count). The third kappa shape index (κ3) is 4.14. The van der Waals surface area contributed by atoms with Crippen molar-refractivity contribution in [2.45, 2.75) is 0 Å². The Morgan fingerprint density at radius 1 is 0.794 bits per heavy atom. The topological polar surface area (TPSA) is 119 Å². The van der Waals surface area contributed by atoms with Crippen LogP contribution in [0.5, 0.6) is 11.5 Å². The van der Waals surface area contributed by atoms with Gasteiger partial charge in [0.1, 0.15) is 13.2 Å². The second-order valence-corrected chi connectivity index (χ2v) is 7.59. The summed E-state index contributed by atoms with van der Waals surface area (Å²) in [5.74, 6) is -0.645. The maximum absolute atomic E-state index is 12.9. The standard InChI is InChI=1S/C25H19N3O6/c29-23(16-5-6-21-22(13-16)34-10-9-33-21)26-18-11-17(24(30)31)12-19(14-18)27-25(32)28-8-7-15-3-1-2-4-20(15)28/h1-8,11-14H,9-10H2,(H,26,29)(H,27,32)(H,30,31). The van der Waals surface area contributed by atoms with Gasteiger partial charge in [-0.05, 0) is 48.5 Å². The lowest BCUT2D eigenvalue weighted by Gasteiger charge is -2.18. The van der Waals surface area contributed by atoms with Crippen LogP contribution >= 0.6 is 0 Å². The van der Waals surface area contributed by atoms with E-state index in [1.807, 2.05) is 30.3 Å². The zero-order valence-corrected chi connectivity index (χ0v) is 17.8. The molecule has 1 aromatic heterocycles. The van der Waals surface area contributed by atoms with Crippen molar-refractivity contribution in [2.75, 3.05) is 23.8 Å². The summed E-state index contributed by atoms with van der Waals surface area (Å²) in [6.07, 6.45) is 1.63.